The molecule has 11 atom stereocenters. The van der Waals surface area contributed by atoms with Gasteiger partial charge in [0, 0.05) is 106 Å². The Bertz CT molecular complexity index is 3200. The Morgan fingerprint density at radius 1 is 0.768 bits per heavy atom. The number of fused-ring (bicyclic) bond motifs is 3. The van der Waals surface area contributed by atoms with Crippen LogP contribution in [0.5, 0.6) is 5.75 Å². The maximum atomic E-state index is 15.8. The number of amides is 9. The molecule has 2 heterocycles. The Kier molecular flexibility index (Phi) is 27.8. The van der Waals surface area contributed by atoms with Gasteiger partial charge in [0.05, 0.1) is 49.6 Å². The summed E-state index contributed by atoms with van der Waals surface area (Å²) in [4.78, 5) is 201. The van der Waals surface area contributed by atoms with Gasteiger partial charge in [-0.05, 0) is 120 Å². The molecule has 9 amide bonds. The molecular weight excluding hydrogens is 1290 g/mol. The first-order chi connectivity index (χ1) is 46.4. The van der Waals surface area contributed by atoms with Gasteiger partial charge >= 0.3 is 6.18 Å². The van der Waals surface area contributed by atoms with Crippen molar-refractivity contribution in [3.8, 4) is 5.75 Å². The number of alkyl halides is 3. The minimum Gasteiger partial charge on any atom is -0.496 e. The average molecular weight is 1390 g/mol. The zero-order valence-corrected chi connectivity index (χ0v) is 60.6. The van der Waals surface area contributed by atoms with Crippen LogP contribution in [0.25, 0.3) is 0 Å². The van der Waals surface area contributed by atoms with Gasteiger partial charge in [-0.2, -0.15) is 13.2 Å². The molecule has 2 bridgehead atoms. The first-order valence-electron chi connectivity index (χ1n) is 34.9. The Morgan fingerprint density at radius 2 is 1.41 bits per heavy atom. The number of carbonyl (C=O) groups is 13. The van der Waals surface area contributed by atoms with Crippen LogP contribution < -0.4 is 10.1 Å². The Morgan fingerprint density at radius 3 is 2.01 bits per heavy atom. The van der Waals surface area contributed by atoms with E-state index in [1.807, 2.05) is 20.8 Å². The number of likely N-dealkylation sites (N-methyl/N-ethyl adjacent to an activating group) is 7. The van der Waals surface area contributed by atoms with E-state index in [4.69, 9.17) is 9.47 Å². The van der Waals surface area contributed by atoms with Crippen molar-refractivity contribution >= 4 is 76.8 Å². The SMILES string of the molecule is CCOC[C@H]1C(=O)N(C)[C@@H](C)C(=O)N(C)CC(=O)N(C)[C@H]2C/C=C\CCN(C2=O)[C@@H](CC=O)C(=O)N(C)CCC(=O)[C@@H](CCc2ccc(C(F)(F)F)c(OC)c2)C(=O)C2C[C@@H](C)C[C@H]2C(=O)NC2(CC(C)(C)C2)C(=O)C(C)[C@H](C2CCCC2)C(=O)N(C)[C@H](C(=O)N(C)CC)CC(=O)N1C. The molecule has 99 heavy (non-hydrogen) atoms. The molecule has 3 aliphatic carbocycles. The van der Waals surface area contributed by atoms with Gasteiger partial charge < -0.3 is 58.8 Å². The molecule has 1 N–H and O–H groups in total. The van der Waals surface area contributed by atoms with Crippen LogP contribution >= 0.6 is 0 Å². The minimum absolute atomic E-state index is 0.0339. The first kappa shape index (κ1) is 80.4. The summed E-state index contributed by atoms with van der Waals surface area (Å²) in [5, 5.41) is 3.12. The van der Waals surface area contributed by atoms with E-state index in [9.17, 15) is 56.3 Å². The van der Waals surface area contributed by atoms with E-state index >= 15 is 19.2 Å². The maximum Gasteiger partial charge on any atom is 0.419 e. The van der Waals surface area contributed by atoms with Crippen LogP contribution in [-0.2, 0) is 79.7 Å². The second-order valence-electron chi connectivity index (χ2n) is 29.1. The number of ether oxygens (including phenoxy) is 2. The Labute approximate surface area is 580 Å². The van der Waals surface area contributed by atoms with Gasteiger partial charge in [0.25, 0.3) is 0 Å². The largest absolute Gasteiger partial charge is 0.496 e. The van der Waals surface area contributed by atoms with E-state index in [0.717, 1.165) is 50.5 Å². The number of hydrogen-bond donors (Lipinski definition) is 1. The van der Waals surface area contributed by atoms with Crippen LogP contribution in [0.2, 0.25) is 0 Å². The second kappa shape index (κ2) is 34.2. The van der Waals surface area contributed by atoms with Crippen LogP contribution in [0.15, 0.2) is 30.4 Å². The summed E-state index contributed by atoms with van der Waals surface area (Å²) in [5.41, 5.74) is -2.78. The summed E-state index contributed by atoms with van der Waals surface area (Å²) in [6, 6.07) is -3.57. The third-order valence-electron chi connectivity index (χ3n) is 21.6. The van der Waals surface area contributed by atoms with Crippen LogP contribution in [0.1, 0.15) is 149 Å². The number of nitrogens with one attached hydrogen (secondary N) is 1. The maximum absolute atomic E-state index is 15.8. The molecule has 0 aromatic heterocycles. The van der Waals surface area contributed by atoms with Crippen molar-refractivity contribution < 1.29 is 85.0 Å². The van der Waals surface area contributed by atoms with Crippen LogP contribution in [0.4, 0.5) is 13.2 Å². The average Bonchev–Trinajstić information content (AvgIpc) is 1.11. The summed E-state index contributed by atoms with van der Waals surface area (Å²) in [6.07, 6.45) is 0.649. The molecule has 24 nitrogen and oxygen atoms in total. The molecule has 1 saturated heterocycles. The number of hydrogen-bond acceptors (Lipinski definition) is 15. The predicted molar refractivity (Wildman–Crippen MR) is 359 cm³/mol. The number of Topliss-reactive ketones (excluding diaryl/α,β-unsaturated/α-hetero) is 3. The van der Waals surface area contributed by atoms with Gasteiger partial charge in [-0.25, -0.2) is 0 Å². The fourth-order valence-corrected chi connectivity index (χ4v) is 15.6. The first-order valence-corrected chi connectivity index (χ1v) is 34.9. The van der Waals surface area contributed by atoms with Gasteiger partial charge in [-0.15, -0.1) is 0 Å². The number of nitrogens with zero attached hydrogens (tertiary/aromatic N) is 8. The second-order valence-corrected chi connectivity index (χ2v) is 29.1. The number of carbonyl (C=O) groups excluding carboxylic acids is 13. The summed E-state index contributed by atoms with van der Waals surface area (Å²) < 4.78 is 53.1. The van der Waals surface area contributed by atoms with E-state index in [1.54, 1.807) is 32.9 Å². The van der Waals surface area contributed by atoms with E-state index in [2.05, 4.69) is 5.32 Å². The third kappa shape index (κ3) is 18.7. The molecular formula is C72H106F3N9O15. The van der Waals surface area contributed by atoms with Crippen LogP contribution in [0, 0.1) is 46.8 Å². The predicted octanol–water partition coefficient (Wildman–Crippen LogP) is 5.44. The molecule has 27 heteroatoms. The van der Waals surface area contributed by atoms with Gasteiger partial charge in [0.2, 0.25) is 53.2 Å². The number of halogens is 3. The van der Waals surface area contributed by atoms with Crippen molar-refractivity contribution in [1.29, 1.82) is 0 Å². The third-order valence-corrected chi connectivity index (χ3v) is 21.6. The molecule has 5 aliphatic rings. The molecule has 1 aromatic rings. The summed E-state index contributed by atoms with van der Waals surface area (Å²) >= 11 is 0. The quantitative estimate of drug-likeness (QED) is 0.155. The van der Waals surface area contributed by atoms with Gasteiger partial charge in [0.1, 0.15) is 53.8 Å². The van der Waals surface area contributed by atoms with Crippen molar-refractivity contribution in [3.05, 3.63) is 41.5 Å². The number of ketones is 3. The number of methoxy groups -OCH3 is 1. The number of rotatable bonds is 12. The van der Waals surface area contributed by atoms with E-state index in [1.165, 1.54) is 83.1 Å². The van der Waals surface area contributed by atoms with Gasteiger partial charge in [-0.1, -0.05) is 58.8 Å². The van der Waals surface area contributed by atoms with Crippen molar-refractivity contribution in [2.24, 2.45) is 46.8 Å². The zero-order valence-electron chi connectivity index (χ0n) is 60.6. The lowest BCUT2D eigenvalue weighted by atomic mass is 9.55. The molecule has 0 radical (unpaired) electrons. The molecule has 3 saturated carbocycles. The molecule has 6 rings (SSSR count). The minimum atomic E-state index is -4.77. The highest BCUT2D eigenvalue weighted by Crippen LogP contribution is 2.52. The highest BCUT2D eigenvalue weighted by Gasteiger charge is 2.59. The fraction of sp³-hybridized carbons (Fsp3) is 0.708. The zero-order chi connectivity index (χ0) is 73.9. The van der Waals surface area contributed by atoms with E-state index < -0.39 is 185 Å². The Hall–Kier alpha value is -7.58. The van der Waals surface area contributed by atoms with Gasteiger partial charge in [0.15, 0.2) is 5.78 Å². The molecule has 1 aromatic carbocycles. The molecule has 4 fully saturated rings. The van der Waals surface area contributed by atoms with Crippen LogP contribution in [-0.4, -0.2) is 248 Å². The highest BCUT2D eigenvalue weighted by atomic mass is 19.4. The van der Waals surface area contributed by atoms with Crippen molar-refractivity contribution in [3.63, 3.8) is 0 Å². The fourth-order valence-electron chi connectivity index (χ4n) is 15.6. The molecule has 2 aliphatic heterocycles. The lowest BCUT2D eigenvalue weighted by Crippen LogP contribution is -2.68. The van der Waals surface area contributed by atoms with Crippen molar-refractivity contribution in [2.75, 3.05) is 95.8 Å². The number of benzene rings is 1. The van der Waals surface area contributed by atoms with E-state index in [0.29, 0.717) is 24.7 Å². The Balaban J connectivity index is 1.46. The van der Waals surface area contributed by atoms with E-state index in [-0.39, 0.29) is 96.1 Å². The summed E-state index contributed by atoms with van der Waals surface area (Å²) in [7, 11) is 10.7. The molecule has 550 valence electrons. The number of aryl methyl sites for hydroxylation is 1. The lowest BCUT2D eigenvalue weighted by molar-refractivity contribution is -0.157. The smallest absolute Gasteiger partial charge is 0.419 e. The molecule has 2 unspecified atom stereocenters. The van der Waals surface area contributed by atoms with Crippen molar-refractivity contribution in [2.45, 2.75) is 187 Å². The van der Waals surface area contributed by atoms with Crippen molar-refractivity contribution in [1.82, 2.24) is 44.5 Å². The normalized spacial score (nSPS) is 28.9. The molecule has 1 spiro atoms. The standard InChI is InChI=1S/C72H106F3N9O15/c1-16-77(8)66(94)54-38-58(87)82(13)55(40-99-17-2)67(95)80(11)45(5)64(92)79(10)39-59(88)81(12)52-25-19-18-22-32-84(68(52)96)53(31-34-85)65(93)78(9)33-30-56(86)48(28-26-46-27-29-51(72(73,74)75)57(37-46)98-15)61(89)49-35-43(3)36-50(49)63(91)76-71(41-70(6,7)42-71)62(90)44(4)60(69(97)83(54)14)47-23-20-21-24-47/h18-19,27,29,34,37,43-45,47-50,52-55,60H,16-17,20-26,28,30-33,35-36,38-42H2,1-15H3,(H,76,91)/b19-18-/t43-,44?,45+,48-,49?,50-,52+,53+,54+,55+,60-/m1/s1. The summed E-state index contributed by atoms with van der Waals surface area (Å²) in [6.45, 7) is 11.1. The highest BCUT2D eigenvalue weighted by molar-refractivity contribution is 6.06. The topological polar surface area (TPSA) is 278 Å². The van der Waals surface area contributed by atoms with Crippen LogP contribution in [0.3, 0.4) is 0 Å². The monoisotopic (exact) mass is 1390 g/mol. The lowest BCUT2D eigenvalue weighted by Gasteiger charge is -2.54. The van der Waals surface area contributed by atoms with Gasteiger partial charge in [-0.3, -0.25) is 57.5 Å². The number of aldehydes is 1. The summed E-state index contributed by atoms with van der Waals surface area (Å²) in [5.74, 6) is -14.8.